The minimum Gasteiger partial charge on any atom is -0.490 e. The largest absolute Gasteiger partial charge is 0.490 e. The molecule has 2 aromatic carbocycles. The third kappa shape index (κ3) is 8.39. The highest BCUT2D eigenvalue weighted by atomic mass is 19.4. The summed E-state index contributed by atoms with van der Waals surface area (Å²) in [4.78, 5) is 23.6. The molecule has 2 fully saturated rings. The van der Waals surface area contributed by atoms with Gasteiger partial charge in [0.1, 0.15) is 17.7 Å². The Hall–Kier alpha value is -3.71. The van der Waals surface area contributed by atoms with Crippen molar-refractivity contribution in [3.63, 3.8) is 0 Å². The molecule has 0 aromatic heterocycles. The SMILES string of the molecule is O=C(O)C(F)(F)F.O=C(O)C[C@H]1C[C@@H](C(F)(F)F)CN1c1ccc(OC2CCN(c3ccccc3F)CC2)cc1. The summed E-state index contributed by atoms with van der Waals surface area (Å²) in [6, 6.07) is 12.7. The number of aliphatic carboxylic acids is 2. The number of rotatable bonds is 6. The molecule has 2 aliphatic heterocycles. The van der Waals surface area contributed by atoms with Gasteiger partial charge in [0.25, 0.3) is 0 Å². The van der Waals surface area contributed by atoms with Crippen molar-refractivity contribution in [2.45, 2.75) is 50.2 Å². The lowest BCUT2D eigenvalue weighted by Gasteiger charge is -2.34. The molecule has 0 bridgehead atoms. The molecule has 4 rings (SSSR count). The molecule has 0 amide bonds. The summed E-state index contributed by atoms with van der Waals surface area (Å²) in [7, 11) is 0. The van der Waals surface area contributed by atoms with Crippen LogP contribution in [0.2, 0.25) is 0 Å². The van der Waals surface area contributed by atoms with Crippen molar-refractivity contribution in [2.75, 3.05) is 29.4 Å². The van der Waals surface area contributed by atoms with Crippen LogP contribution in [0.25, 0.3) is 0 Å². The van der Waals surface area contributed by atoms with E-state index in [9.17, 15) is 35.5 Å². The van der Waals surface area contributed by atoms with Gasteiger partial charge in [-0.2, -0.15) is 26.3 Å². The van der Waals surface area contributed by atoms with Crippen LogP contribution in [-0.4, -0.2) is 66.3 Å². The Kier molecular flexibility index (Phi) is 9.74. The minimum atomic E-state index is -5.08. The molecule has 0 radical (unpaired) electrons. The first-order valence-electron chi connectivity index (χ1n) is 12.3. The normalized spacial score (nSPS) is 20.1. The molecule has 2 heterocycles. The van der Waals surface area contributed by atoms with E-state index < -0.39 is 36.3 Å². The third-order valence-corrected chi connectivity index (χ3v) is 6.64. The van der Waals surface area contributed by atoms with E-state index >= 15 is 0 Å². The Labute approximate surface area is 224 Å². The predicted octanol–water partition coefficient (Wildman–Crippen LogP) is 5.74. The molecule has 0 spiro atoms. The van der Waals surface area contributed by atoms with Crippen LogP contribution in [0.4, 0.5) is 42.1 Å². The molecule has 2 N–H and O–H groups in total. The summed E-state index contributed by atoms with van der Waals surface area (Å²) in [5, 5.41) is 16.2. The number of carboxylic acid groups (broad SMARTS) is 2. The molecule has 7 nitrogen and oxygen atoms in total. The van der Waals surface area contributed by atoms with E-state index in [2.05, 4.69) is 0 Å². The molecule has 0 aliphatic carbocycles. The van der Waals surface area contributed by atoms with Gasteiger partial charge in [-0.1, -0.05) is 12.1 Å². The highest BCUT2D eigenvalue weighted by Crippen LogP contribution is 2.40. The van der Waals surface area contributed by atoms with E-state index in [1.54, 1.807) is 42.5 Å². The van der Waals surface area contributed by atoms with Gasteiger partial charge < -0.3 is 24.7 Å². The summed E-state index contributed by atoms with van der Waals surface area (Å²) in [6.07, 6.45) is -8.61. The van der Waals surface area contributed by atoms with Crippen LogP contribution in [-0.2, 0) is 9.59 Å². The maximum atomic E-state index is 14.0. The van der Waals surface area contributed by atoms with Crippen molar-refractivity contribution in [3.05, 3.63) is 54.3 Å². The van der Waals surface area contributed by atoms with Crippen molar-refractivity contribution in [1.29, 1.82) is 0 Å². The summed E-state index contributed by atoms with van der Waals surface area (Å²) < 4.78 is 91.5. The molecule has 14 heteroatoms. The number of halogens is 7. The van der Waals surface area contributed by atoms with Crippen LogP contribution in [0.3, 0.4) is 0 Å². The average Bonchev–Trinajstić information content (AvgIpc) is 3.29. The first kappa shape index (κ1) is 30.8. The van der Waals surface area contributed by atoms with E-state index in [1.807, 2.05) is 4.90 Å². The number of carboxylic acids is 2. The zero-order valence-corrected chi connectivity index (χ0v) is 21.0. The second-order valence-electron chi connectivity index (χ2n) is 9.43. The Morgan fingerprint density at radius 1 is 0.925 bits per heavy atom. The summed E-state index contributed by atoms with van der Waals surface area (Å²) in [6.45, 7) is 1.07. The molecular formula is C26H27F7N2O5. The molecule has 2 aliphatic rings. The Morgan fingerprint density at radius 2 is 1.50 bits per heavy atom. The lowest BCUT2D eigenvalue weighted by molar-refractivity contribution is -0.192. The Balaban J connectivity index is 0.000000559. The molecule has 0 saturated carbocycles. The van der Waals surface area contributed by atoms with Crippen molar-refractivity contribution in [1.82, 2.24) is 0 Å². The third-order valence-electron chi connectivity index (χ3n) is 6.64. The number of hydrogen-bond acceptors (Lipinski definition) is 5. The number of anilines is 2. The zero-order chi connectivity index (χ0) is 29.7. The fraction of sp³-hybridized carbons (Fsp3) is 0.462. The van der Waals surface area contributed by atoms with Crippen molar-refractivity contribution < 1.29 is 55.3 Å². The summed E-state index contributed by atoms with van der Waals surface area (Å²) >= 11 is 0. The minimum absolute atomic E-state index is 0.0416. The van der Waals surface area contributed by atoms with E-state index in [0.29, 0.717) is 30.2 Å². The number of carbonyl (C=O) groups is 2. The first-order valence-corrected chi connectivity index (χ1v) is 12.3. The highest BCUT2D eigenvalue weighted by Gasteiger charge is 2.48. The number of alkyl halides is 6. The van der Waals surface area contributed by atoms with Gasteiger partial charge in [0.2, 0.25) is 0 Å². The number of benzene rings is 2. The molecule has 0 unspecified atom stereocenters. The fourth-order valence-electron chi connectivity index (χ4n) is 4.70. The maximum Gasteiger partial charge on any atom is 0.490 e. The lowest BCUT2D eigenvalue weighted by Crippen LogP contribution is -2.38. The monoisotopic (exact) mass is 580 g/mol. The molecule has 2 atom stereocenters. The van der Waals surface area contributed by atoms with Crippen LogP contribution < -0.4 is 14.5 Å². The molecule has 220 valence electrons. The maximum absolute atomic E-state index is 14.0. The van der Waals surface area contributed by atoms with Crippen LogP contribution in [0.5, 0.6) is 5.75 Å². The number of nitrogens with zero attached hydrogens (tertiary/aromatic N) is 2. The van der Waals surface area contributed by atoms with Gasteiger partial charge in [0.15, 0.2) is 0 Å². The van der Waals surface area contributed by atoms with Gasteiger partial charge >= 0.3 is 24.3 Å². The van der Waals surface area contributed by atoms with Crippen LogP contribution >= 0.6 is 0 Å². The molecule has 2 aromatic rings. The van der Waals surface area contributed by atoms with E-state index in [4.69, 9.17) is 19.7 Å². The standard InChI is InChI=1S/C24H26F4N2O3.C2HF3O2/c25-21-3-1-2-4-22(21)29-11-9-20(10-12-29)33-19-7-5-17(6-8-19)30-15-16(24(26,27)28)13-18(30)14-23(31)32;3-2(4,5)1(6)7/h1-8,16,18,20H,9-15H2,(H,31,32);(H,6,7)/t16-,18-;/m1./s1. The van der Waals surface area contributed by atoms with E-state index in [1.165, 1.54) is 11.0 Å². The quantitative estimate of drug-likeness (QED) is 0.422. The van der Waals surface area contributed by atoms with Gasteiger partial charge in [-0.15, -0.1) is 0 Å². The van der Waals surface area contributed by atoms with E-state index in [-0.39, 0.29) is 31.3 Å². The summed E-state index contributed by atoms with van der Waals surface area (Å²) in [5.74, 6) is -5.06. The zero-order valence-electron chi connectivity index (χ0n) is 21.0. The fourth-order valence-corrected chi connectivity index (χ4v) is 4.70. The highest BCUT2D eigenvalue weighted by molar-refractivity contribution is 5.73. The number of para-hydroxylation sites is 1. The van der Waals surface area contributed by atoms with Crippen LogP contribution in [0, 0.1) is 11.7 Å². The van der Waals surface area contributed by atoms with Gasteiger partial charge in [0.05, 0.1) is 18.0 Å². The van der Waals surface area contributed by atoms with Gasteiger partial charge in [0, 0.05) is 44.2 Å². The van der Waals surface area contributed by atoms with E-state index in [0.717, 1.165) is 12.8 Å². The van der Waals surface area contributed by atoms with Crippen molar-refractivity contribution in [3.8, 4) is 5.75 Å². The molecular weight excluding hydrogens is 553 g/mol. The van der Waals surface area contributed by atoms with Crippen LogP contribution in [0.15, 0.2) is 48.5 Å². The van der Waals surface area contributed by atoms with Gasteiger partial charge in [-0.3, -0.25) is 4.79 Å². The second-order valence-corrected chi connectivity index (χ2v) is 9.43. The summed E-state index contributed by atoms with van der Waals surface area (Å²) in [5.41, 5.74) is 1.13. The topological polar surface area (TPSA) is 90.3 Å². The number of piperidine rings is 1. The molecule has 40 heavy (non-hydrogen) atoms. The Bertz CT molecular complexity index is 1150. The average molecular weight is 580 g/mol. The second kappa shape index (κ2) is 12.6. The van der Waals surface area contributed by atoms with Crippen molar-refractivity contribution >= 4 is 23.3 Å². The number of hydrogen-bond donors (Lipinski definition) is 2. The van der Waals surface area contributed by atoms with Gasteiger partial charge in [-0.05, 0) is 42.8 Å². The number of ether oxygens (including phenoxy) is 1. The Morgan fingerprint density at radius 3 is 2.00 bits per heavy atom. The molecule has 2 saturated heterocycles. The smallest absolute Gasteiger partial charge is 0.490 e. The lowest BCUT2D eigenvalue weighted by atomic mass is 10.0. The van der Waals surface area contributed by atoms with Gasteiger partial charge in [-0.25, -0.2) is 9.18 Å². The van der Waals surface area contributed by atoms with Crippen LogP contribution in [0.1, 0.15) is 25.7 Å². The van der Waals surface area contributed by atoms with Crippen molar-refractivity contribution in [2.24, 2.45) is 5.92 Å². The first-order chi connectivity index (χ1) is 18.6. The predicted molar refractivity (Wildman–Crippen MR) is 130 cm³/mol.